The number of rotatable bonds is 7. The first-order valence-electron chi connectivity index (χ1n) is 9.82. The van der Waals surface area contributed by atoms with Crippen LogP contribution >= 0.6 is 11.3 Å². The lowest BCUT2D eigenvalue weighted by atomic mass is 10.1. The van der Waals surface area contributed by atoms with Crippen LogP contribution in [-0.2, 0) is 28.7 Å². The summed E-state index contributed by atoms with van der Waals surface area (Å²) in [5, 5.41) is 5.59. The Balaban J connectivity index is 1.63. The summed E-state index contributed by atoms with van der Waals surface area (Å²) in [4.78, 5) is 5.51. The van der Waals surface area contributed by atoms with Gasteiger partial charge in [0.25, 0.3) is 0 Å². The van der Waals surface area contributed by atoms with E-state index in [1.165, 1.54) is 11.3 Å². The zero-order valence-corrected chi connectivity index (χ0v) is 18.8. The number of nitrogens with one attached hydrogen (secondary N) is 1. The highest BCUT2D eigenvalue weighted by molar-refractivity contribution is 7.88. The fraction of sp³-hybridized carbons (Fsp3) is 0.273. The molecule has 2 aromatic heterocycles. The highest BCUT2D eigenvalue weighted by atomic mass is 32.2. The van der Waals surface area contributed by atoms with Crippen LogP contribution in [0.4, 0.5) is 0 Å². The second-order valence-electron chi connectivity index (χ2n) is 7.32. The second-order valence-corrected chi connectivity index (χ2v) is 10.2. The number of imidazole rings is 1. The number of sulfonamides is 1. The summed E-state index contributed by atoms with van der Waals surface area (Å²) in [6.07, 6.45) is 0.812. The number of benzene rings is 2. The molecule has 2 aromatic carbocycles. The molecule has 0 amide bonds. The van der Waals surface area contributed by atoms with Crippen LogP contribution in [0.3, 0.4) is 0 Å². The Bertz CT molecular complexity index is 1290. The summed E-state index contributed by atoms with van der Waals surface area (Å²) in [7, 11) is -3.52. The van der Waals surface area contributed by atoms with Crippen LogP contribution in [0.15, 0.2) is 48.5 Å². The van der Waals surface area contributed by atoms with Gasteiger partial charge in [-0.25, -0.2) is 22.6 Å². The van der Waals surface area contributed by atoms with Crippen molar-refractivity contribution in [3.63, 3.8) is 0 Å². The predicted octanol–water partition coefficient (Wildman–Crippen LogP) is 4.26. The molecule has 0 fully saturated rings. The zero-order chi connectivity index (χ0) is 21.3. The monoisotopic (exact) mass is 440 g/mol. The molecule has 0 aliphatic carbocycles. The van der Waals surface area contributed by atoms with Crippen molar-refractivity contribution in [3.8, 4) is 11.3 Å². The Morgan fingerprint density at radius 2 is 1.83 bits per heavy atom. The number of nitrogens with zero attached hydrogens (tertiary/aromatic N) is 3. The molecule has 30 heavy (non-hydrogen) atoms. The lowest BCUT2D eigenvalue weighted by Crippen LogP contribution is -2.25. The average molecular weight is 441 g/mol. The van der Waals surface area contributed by atoms with Crippen molar-refractivity contribution in [2.75, 3.05) is 0 Å². The summed E-state index contributed by atoms with van der Waals surface area (Å²) in [6.45, 7) is 6.18. The van der Waals surface area contributed by atoms with Gasteiger partial charge in [-0.05, 0) is 37.0 Å². The molecule has 0 atom stereocenters. The Hall–Kier alpha value is -2.55. The smallest absolute Gasteiger partial charge is 0.216 e. The first kappa shape index (κ1) is 20.7. The highest BCUT2D eigenvalue weighted by Gasteiger charge is 2.20. The van der Waals surface area contributed by atoms with E-state index in [1.807, 2.05) is 69.3 Å². The molecule has 4 rings (SSSR count). The van der Waals surface area contributed by atoms with Gasteiger partial charge in [0.05, 0.1) is 23.7 Å². The van der Waals surface area contributed by atoms with E-state index in [1.54, 1.807) is 4.52 Å². The number of hydrogen-bond acceptors (Lipinski definition) is 5. The van der Waals surface area contributed by atoms with E-state index in [9.17, 15) is 8.42 Å². The molecule has 0 unspecified atom stereocenters. The summed E-state index contributed by atoms with van der Waals surface area (Å²) in [6, 6.07) is 15.5. The molecule has 1 N–H and O–H groups in total. The van der Waals surface area contributed by atoms with E-state index < -0.39 is 10.0 Å². The van der Waals surface area contributed by atoms with Gasteiger partial charge in [-0.1, -0.05) is 66.8 Å². The maximum Gasteiger partial charge on any atom is 0.216 e. The third-order valence-corrected chi connectivity index (χ3v) is 7.43. The number of fused-ring (bicyclic) bond motifs is 1. The van der Waals surface area contributed by atoms with Crippen molar-refractivity contribution < 1.29 is 8.42 Å². The van der Waals surface area contributed by atoms with E-state index >= 15 is 0 Å². The third kappa shape index (κ3) is 4.30. The van der Waals surface area contributed by atoms with Crippen LogP contribution in [0, 0.1) is 13.8 Å². The largest absolute Gasteiger partial charge is 0.217 e. The molecule has 0 saturated heterocycles. The van der Waals surface area contributed by atoms with Gasteiger partial charge in [-0.15, -0.1) is 0 Å². The molecule has 8 heteroatoms. The fourth-order valence-corrected chi connectivity index (χ4v) is 5.23. The molecule has 6 nitrogen and oxygen atoms in total. The first-order chi connectivity index (χ1) is 14.4. The van der Waals surface area contributed by atoms with Crippen LogP contribution in [0.2, 0.25) is 0 Å². The van der Waals surface area contributed by atoms with Gasteiger partial charge in [-0.3, -0.25) is 0 Å². The quantitative estimate of drug-likeness (QED) is 0.466. The van der Waals surface area contributed by atoms with E-state index in [0.29, 0.717) is 0 Å². The maximum absolute atomic E-state index is 12.8. The van der Waals surface area contributed by atoms with Crippen molar-refractivity contribution in [2.45, 2.75) is 39.5 Å². The molecular weight excluding hydrogens is 416 g/mol. The Labute approximate surface area is 180 Å². The fourth-order valence-electron chi connectivity index (χ4n) is 3.30. The minimum Gasteiger partial charge on any atom is -0.217 e. The minimum absolute atomic E-state index is 0.0615. The number of aromatic nitrogens is 3. The van der Waals surface area contributed by atoms with Crippen molar-refractivity contribution in [2.24, 2.45) is 0 Å². The van der Waals surface area contributed by atoms with Gasteiger partial charge in [-0.2, -0.15) is 5.10 Å². The molecule has 0 spiro atoms. The normalized spacial score (nSPS) is 12.0. The topological polar surface area (TPSA) is 76.4 Å². The van der Waals surface area contributed by atoms with E-state index in [0.717, 1.165) is 50.0 Å². The predicted molar refractivity (Wildman–Crippen MR) is 121 cm³/mol. The van der Waals surface area contributed by atoms with Crippen LogP contribution in [0.5, 0.6) is 0 Å². The van der Waals surface area contributed by atoms with E-state index in [2.05, 4.69) is 9.82 Å². The van der Waals surface area contributed by atoms with E-state index in [4.69, 9.17) is 4.98 Å². The molecule has 156 valence electrons. The van der Waals surface area contributed by atoms with Gasteiger partial charge in [0.15, 0.2) is 0 Å². The summed E-state index contributed by atoms with van der Waals surface area (Å²) < 4.78 is 30.1. The molecule has 2 heterocycles. The van der Waals surface area contributed by atoms with Crippen LogP contribution in [-0.4, -0.2) is 23.0 Å². The van der Waals surface area contributed by atoms with Gasteiger partial charge in [0.1, 0.15) is 5.01 Å². The molecule has 0 radical (unpaired) electrons. The van der Waals surface area contributed by atoms with Crippen LogP contribution < -0.4 is 4.72 Å². The summed E-state index contributed by atoms with van der Waals surface area (Å²) >= 11 is 1.53. The van der Waals surface area contributed by atoms with Gasteiger partial charge >= 0.3 is 0 Å². The lowest BCUT2D eigenvalue weighted by Gasteiger charge is -2.09. The van der Waals surface area contributed by atoms with Crippen molar-refractivity contribution in [3.05, 3.63) is 75.9 Å². The van der Waals surface area contributed by atoms with Gasteiger partial charge in [0.2, 0.25) is 15.0 Å². The van der Waals surface area contributed by atoms with E-state index in [-0.39, 0.29) is 12.3 Å². The lowest BCUT2D eigenvalue weighted by molar-refractivity contribution is 0.579. The Morgan fingerprint density at radius 3 is 2.53 bits per heavy atom. The third-order valence-electron chi connectivity index (χ3n) is 5.08. The Morgan fingerprint density at radius 1 is 1.07 bits per heavy atom. The van der Waals surface area contributed by atoms with Crippen LogP contribution in [0.25, 0.3) is 16.2 Å². The number of hydrogen-bond donors (Lipinski definition) is 1. The van der Waals surface area contributed by atoms with Crippen molar-refractivity contribution >= 4 is 26.3 Å². The molecule has 0 aliphatic rings. The summed E-state index contributed by atoms with van der Waals surface area (Å²) in [5.74, 6) is -0.0615. The molecule has 0 saturated carbocycles. The average Bonchev–Trinajstić information content (AvgIpc) is 3.27. The standard InChI is InChI=1S/C22H24N4O2S2/c1-4-20-25-26-19(21(24-22(26)29-20)18-8-6-5-7-9-18)13-23-30(27,28)14-17-11-10-15(2)16(3)12-17/h5-12,23H,4,13-14H2,1-3H3. The Kier molecular flexibility index (Phi) is 5.73. The summed E-state index contributed by atoms with van der Waals surface area (Å²) in [5.41, 5.74) is 5.45. The van der Waals surface area contributed by atoms with Crippen molar-refractivity contribution in [1.29, 1.82) is 0 Å². The molecule has 0 bridgehead atoms. The van der Waals surface area contributed by atoms with Crippen LogP contribution in [0.1, 0.15) is 34.3 Å². The highest BCUT2D eigenvalue weighted by Crippen LogP contribution is 2.27. The zero-order valence-electron chi connectivity index (χ0n) is 17.2. The van der Waals surface area contributed by atoms with Gasteiger partial charge in [0, 0.05) is 5.56 Å². The molecular formula is C22H24N4O2S2. The van der Waals surface area contributed by atoms with Crippen molar-refractivity contribution in [1.82, 2.24) is 19.3 Å². The molecule has 0 aliphatic heterocycles. The van der Waals surface area contributed by atoms with Gasteiger partial charge < -0.3 is 0 Å². The molecule has 4 aromatic rings. The second kappa shape index (κ2) is 8.29. The minimum atomic E-state index is -3.52. The number of aryl methyl sites for hydroxylation is 3. The first-order valence-corrected chi connectivity index (χ1v) is 12.3. The SMILES string of the molecule is CCc1nn2c(CNS(=O)(=O)Cc3ccc(C)c(C)c3)c(-c3ccccc3)nc2s1. The maximum atomic E-state index is 12.8.